The van der Waals surface area contributed by atoms with E-state index in [1.54, 1.807) is 6.33 Å². The highest BCUT2D eigenvalue weighted by atomic mass is 15.3. The summed E-state index contributed by atoms with van der Waals surface area (Å²) in [6.45, 7) is 9.76. The van der Waals surface area contributed by atoms with E-state index < -0.39 is 0 Å². The first-order valence-electron chi connectivity index (χ1n) is 7.34. The molecule has 3 rings (SSSR count). The molecule has 2 saturated heterocycles. The minimum absolute atomic E-state index is 0.727. The highest BCUT2D eigenvalue weighted by Crippen LogP contribution is 2.27. The molecule has 0 saturated carbocycles. The van der Waals surface area contributed by atoms with E-state index in [9.17, 15) is 0 Å². The number of aromatic nitrogens is 2. The highest BCUT2D eigenvalue weighted by Gasteiger charge is 2.31. The molecule has 1 N–H and O–H groups in total. The lowest BCUT2D eigenvalue weighted by atomic mass is 10.1. The van der Waals surface area contributed by atoms with Gasteiger partial charge in [-0.1, -0.05) is 0 Å². The molecule has 1 atom stereocenters. The van der Waals surface area contributed by atoms with Crippen LogP contribution in [-0.4, -0.2) is 53.6 Å². The fourth-order valence-corrected chi connectivity index (χ4v) is 3.29. The lowest BCUT2D eigenvalue weighted by molar-refractivity contribution is 0.230. The Morgan fingerprint density at radius 2 is 2.21 bits per heavy atom. The molecule has 1 aromatic rings. The summed E-state index contributed by atoms with van der Waals surface area (Å²) in [4.78, 5) is 13.9. The number of piperazine rings is 1. The van der Waals surface area contributed by atoms with Gasteiger partial charge in [0.2, 0.25) is 0 Å². The summed E-state index contributed by atoms with van der Waals surface area (Å²) in [5, 5.41) is 3.31. The van der Waals surface area contributed by atoms with E-state index >= 15 is 0 Å². The van der Waals surface area contributed by atoms with Crippen LogP contribution in [0.1, 0.15) is 25.3 Å². The van der Waals surface area contributed by atoms with Crippen molar-refractivity contribution in [1.82, 2.24) is 14.9 Å². The molecule has 19 heavy (non-hydrogen) atoms. The second-order valence-electron chi connectivity index (χ2n) is 5.48. The molecule has 3 heterocycles. The van der Waals surface area contributed by atoms with Crippen LogP contribution in [0.2, 0.25) is 0 Å². The number of anilines is 2. The van der Waals surface area contributed by atoms with Crippen molar-refractivity contribution in [2.45, 2.75) is 32.7 Å². The van der Waals surface area contributed by atoms with Gasteiger partial charge in [-0.25, -0.2) is 9.97 Å². The monoisotopic (exact) mass is 261 g/mol. The van der Waals surface area contributed by atoms with E-state index in [4.69, 9.17) is 0 Å². The van der Waals surface area contributed by atoms with Gasteiger partial charge < -0.3 is 10.2 Å². The van der Waals surface area contributed by atoms with Crippen molar-refractivity contribution in [3.05, 3.63) is 11.9 Å². The number of hydrogen-bond acceptors (Lipinski definition) is 5. The molecule has 104 valence electrons. The maximum absolute atomic E-state index is 4.52. The summed E-state index contributed by atoms with van der Waals surface area (Å²) in [7, 11) is 0. The summed E-state index contributed by atoms with van der Waals surface area (Å²) in [6, 6.07) is 0.727. The molecule has 2 aliphatic rings. The van der Waals surface area contributed by atoms with Crippen molar-refractivity contribution >= 4 is 11.6 Å². The molecule has 0 bridgehead atoms. The fourth-order valence-electron chi connectivity index (χ4n) is 3.29. The van der Waals surface area contributed by atoms with Gasteiger partial charge in [-0.2, -0.15) is 0 Å². The zero-order chi connectivity index (χ0) is 13.2. The van der Waals surface area contributed by atoms with Crippen molar-refractivity contribution in [2.75, 3.05) is 42.9 Å². The van der Waals surface area contributed by atoms with E-state index in [0.29, 0.717) is 0 Å². The third kappa shape index (κ3) is 2.39. The lowest BCUT2D eigenvalue weighted by Gasteiger charge is -2.38. The van der Waals surface area contributed by atoms with Gasteiger partial charge in [0.25, 0.3) is 0 Å². The second kappa shape index (κ2) is 5.33. The van der Waals surface area contributed by atoms with E-state index in [1.807, 2.05) is 0 Å². The Morgan fingerprint density at radius 1 is 1.32 bits per heavy atom. The summed E-state index contributed by atoms with van der Waals surface area (Å²) < 4.78 is 0. The molecule has 0 amide bonds. The first-order chi connectivity index (χ1) is 9.29. The molecule has 1 aromatic heterocycles. The van der Waals surface area contributed by atoms with Gasteiger partial charge in [-0.3, -0.25) is 4.90 Å². The third-order valence-electron chi connectivity index (χ3n) is 4.29. The van der Waals surface area contributed by atoms with Crippen LogP contribution in [0.3, 0.4) is 0 Å². The largest absolute Gasteiger partial charge is 0.370 e. The Kier molecular flexibility index (Phi) is 3.55. The summed E-state index contributed by atoms with van der Waals surface area (Å²) in [6.07, 6.45) is 4.37. The predicted molar refractivity (Wildman–Crippen MR) is 77.7 cm³/mol. The summed E-state index contributed by atoms with van der Waals surface area (Å²) in [5.74, 6) is 2.08. The van der Waals surface area contributed by atoms with Crippen LogP contribution >= 0.6 is 0 Å². The fraction of sp³-hybridized carbons (Fsp3) is 0.714. The maximum atomic E-state index is 4.52. The van der Waals surface area contributed by atoms with Crippen LogP contribution in [0, 0.1) is 6.92 Å². The molecule has 5 nitrogen and oxygen atoms in total. The number of hydrogen-bond donors (Lipinski definition) is 1. The quantitative estimate of drug-likeness (QED) is 0.893. The summed E-state index contributed by atoms with van der Waals surface area (Å²) >= 11 is 0. The minimum atomic E-state index is 0.727. The Labute approximate surface area is 115 Å². The zero-order valence-electron chi connectivity index (χ0n) is 11.9. The topological polar surface area (TPSA) is 44.3 Å². The Hall–Kier alpha value is -1.36. The first-order valence-corrected chi connectivity index (χ1v) is 7.34. The normalized spacial score (nSPS) is 23.5. The van der Waals surface area contributed by atoms with Gasteiger partial charge in [0.1, 0.15) is 18.0 Å². The maximum Gasteiger partial charge on any atom is 0.137 e. The Balaban J connectivity index is 1.80. The van der Waals surface area contributed by atoms with Crippen molar-refractivity contribution in [3.63, 3.8) is 0 Å². The number of rotatable bonds is 3. The molecular weight excluding hydrogens is 238 g/mol. The van der Waals surface area contributed by atoms with Crippen LogP contribution < -0.4 is 10.2 Å². The smallest absolute Gasteiger partial charge is 0.137 e. The molecule has 0 aromatic carbocycles. The van der Waals surface area contributed by atoms with Gasteiger partial charge >= 0.3 is 0 Å². The molecule has 0 aliphatic carbocycles. The summed E-state index contributed by atoms with van der Waals surface area (Å²) in [5.41, 5.74) is 1.18. The Morgan fingerprint density at radius 3 is 3.05 bits per heavy atom. The van der Waals surface area contributed by atoms with Crippen molar-refractivity contribution in [2.24, 2.45) is 0 Å². The molecule has 0 radical (unpaired) electrons. The van der Waals surface area contributed by atoms with Gasteiger partial charge in [0, 0.05) is 37.8 Å². The van der Waals surface area contributed by atoms with Crippen molar-refractivity contribution < 1.29 is 0 Å². The SMILES string of the molecule is CCNc1ncnc(N2CCN3CCCC3C2)c1C. The molecule has 5 heteroatoms. The van der Waals surface area contributed by atoms with E-state index in [0.717, 1.165) is 37.3 Å². The highest BCUT2D eigenvalue weighted by molar-refractivity contribution is 5.58. The van der Waals surface area contributed by atoms with E-state index in [2.05, 4.69) is 38.9 Å². The van der Waals surface area contributed by atoms with Crippen molar-refractivity contribution in [3.8, 4) is 0 Å². The van der Waals surface area contributed by atoms with Gasteiger partial charge in [0.15, 0.2) is 0 Å². The first kappa shape index (κ1) is 12.7. The van der Waals surface area contributed by atoms with Crippen LogP contribution in [0.4, 0.5) is 11.6 Å². The minimum Gasteiger partial charge on any atom is -0.370 e. The van der Waals surface area contributed by atoms with Gasteiger partial charge in [0.05, 0.1) is 0 Å². The van der Waals surface area contributed by atoms with Crippen LogP contribution in [-0.2, 0) is 0 Å². The van der Waals surface area contributed by atoms with E-state index in [1.165, 1.54) is 31.5 Å². The Bertz CT molecular complexity index is 447. The lowest BCUT2D eigenvalue weighted by Crippen LogP contribution is -2.50. The van der Waals surface area contributed by atoms with Crippen LogP contribution in [0.25, 0.3) is 0 Å². The van der Waals surface area contributed by atoms with Crippen molar-refractivity contribution in [1.29, 1.82) is 0 Å². The number of nitrogens with one attached hydrogen (secondary N) is 1. The average Bonchev–Trinajstić information content (AvgIpc) is 2.88. The van der Waals surface area contributed by atoms with Crippen LogP contribution in [0.5, 0.6) is 0 Å². The predicted octanol–water partition coefficient (Wildman–Crippen LogP) is 1.50. The number of nitrogens with zero attached hydrogens (tertiary/aromatic N) is 4. The molecule has 2 fully saturated rings. The van der Waals surface area contributed by atoms with E-state index in [-0.39, 0.29) is 0 Å². The number of fused-ring (bicyclic) bond motifs is 1. The third-order valence-corrected chi connectivity index (χ3v) is 4.29. The second-order valence-corrected chi connectivity index (χ2v) is 5.48. The molecule has 1 unspecified atom stereocenters. The van der Waals surface area contributed by atoms with Crippen LogP contribution in [0.15, 0.2) is 6.33 Å². The molecule has 2 aliphatic heterocycles. The molecule has 0 spiro atoms. The average molecular weight is 261 g/mol. The standard InChI is InChI=1S/C14H23N5/c1-3-15-13-11(2)14(17-10-16-13)19-8-7-18-6-4-5-12(18)9-19/h10,12H,3-9H2,1-2H3,(H,15,16,17). The van der Waals surface area contributed by atoms with Gasteiger partial charge in [-0.15, -0.1) is 0 Å². The zero-order valence-corrected chi connectivity index (χ0v) is 11.9. The molecular formula is C14H23N5. The van der Waals surface area contributed by atoms with Gasteiger partial charge in [-0.05, 0) is 33.2 Å².